The van der Waals surface area contributed by atoms with Crippen molar-refractivity contribution in [3.8, 4) is 0 Å². The number of carbonyl (C=O) groups is 1. The quantitative estimate of drug-likeness (QED) is 0.413. The highest BCUT2D eigenvalue weighted by Gasteiger charge is 2.01. The molecule has 0 amide bonds. The SMILES string of the molecule is Bc1cc(C)c(F)cc1C=O. The third kappa shape index (κ3) is 1.48. The lowest BCUT2D eigenvalue weighted by Crippen LogP contribution is -2.11. The Balaban J connectivity index is 3.31. The molecule has 0 radical (unpaired) electrons. The molecule has 0 spiro atoms. The minimum atomic E-state index is -0.322. The Morgan fingerprint density at radius 1 is 1.55 bits per heavy atom. The Morgan fingerprint density at radius 2 is 2.18 bits per heavy atom. The third-order valence-corrected chi connectivity index (χ3v) is 1.67. The minimum Gasteiger partial charge on any atom is -0.298 e. The second kappa shape index (κ2) is 2.87. The van der Waals surface area contributed by atoms with Crippen LogP contribution in [0.3, 0.4) is 0 Å². The predicted molar refractivity (Wildman–Crippen MR) is 44.7 cm³/mol. The van der Waals surface area contributed by atoms with Crippen LogP contribution in [0.5, 0.6) is 0 Å². The number of benzene rings is 1. The van der Waals surface area contributed by atoms with Gasteiger partial charge in [-0.25, -0.2) is 4.39 Å². The van der Waals surface area contributed by atoms with Gasteiger partial charge in [-0.3, -0.25) is 4.79 Å². The standard InChI is InChI=1S/C8H8BFO/c1-5-2-7(9)6(4-11)3-8(5)10/h2-4H,9H2,1H3. The summed E-state index contributed by atoms with van der Waals surface area (Å²) in [6.45, 7) is 1.68. The monoisotopic (exact) mass is 150 g/mol. The van der Waals surface area contributed by atoms with Crippen LogP contribution >= 0.6 is 0 Å². The molecule has 0 N–H and O–H groups in total. The smallest absolute Gasteiger partial charge is 0.149 e. The fourth-order valence-corrected chi connectivity index (χ4v) is 0.968. The molecule has 0 aliphatic rings. The van der Waals surface area contributed by atoms with Gasteiger partial charge < -0.3 is 0 Å². The second-order valence-corrected chi connectivity index (χ2v) is 2.58. The molecular weight excluding hydrogens is 142 g/mol. The summed E-state index contributed by atoms with van der Waals surface area (Å²) in [6.07, 6.45) is 0.665. The van der Waals surface area contributed by atoms with Crippen LogP contribution in [-0.2, 0) is 0 Å². The van der Waals surface area contributed by atoms with Crippen LogP contribution in [0, 0.1) is 12.7 Å². The lowest BCUT2D eigenvalue weighted by molar-refractivity contribution is 0.112. The normalized spacial score (nSPS) is 9.64. The Labute approximate surface area is 65.6 Å². The molecule has 0 aliphatic carbocycles. The van der Waals surface area contributed by atoms with Crippen LogP contribution in [0.4, 0.5) is 4.39 Å². The summed E-state index contributed by atoms with van der Waals surface area (Å²) in [5.41, 5.74) is 1.82. The van der Waals surface area contributed by atoms with E-state index in [-0.39, 0.29) is 5.82 Å². The van der Waals surface area contributed by atoms with E-state index in [1.54, 1.807) is 20.8 Å². The highest BCUT2D eigenvalue weighted by Crippen LogP contribution is 2.04. The summed E-state index contributed by atoms with van der Waals surface area (Å²) in [5, 5.41) is 0. The van der Waals surface area contributed by atoms with Gasteiger partial charge in [0, 0.05) is 5.56 Å². The number of aldehydes is 1. The predicted octanol–water partition coefficient (Wildman–Crippen LogP) is 0.205. The van der Waals surface area contributed by atoms with E-state index in [1.165, 1.54) is 6.07 Å². The molecule has 1 aromatic rings. The fourth-order valence-electron chi connectivity index (χ4n) is 0.968. The van der Waals surface area contributed by atoms with Crippen molar-refractivity contribution >= 4 is 19.6 Å². The molecule has 3 heteroatoms. The first-order valence-corrected chi connectivity index (χ1v) is 3.37. The summed E-state index contributed by atoms with van der Waals surface area (Å²) >= 11 is 0. The molecule has 11 heavy (non-hydrogen) atoms. The van der Waals surface area contributed by atoms with Crippen molar-refractivity contribution in [2.24, 2.45) is 0 Å². The molecule has 0 bridgehead atoms. The summed E-state index contributed by atoms with van der Waals surface area (Å²) in [6, 6.07) is 2.93. The molecule has 1 aromatic carbocycles. The lowest BCUT2D eigenvalue weighted by Gasteiger charge is -2.00. The molecule has 0 saturated heterocycles. The van der Waals surface area contributed by atoms with Gasteiger partial charge in [0.15, 0.2) is 0 Å². The number of rotatable bonds is 1. The van der Waals surface area contributed by atoms with Crippen molar-refractivity contribution < 1.29 is 9.18 Å². The van der Waals surface area contributed by atoms with E-state index in [0.29, 0.717) is 17.4 Å². The molecule has 0 aromatic heterocycles. The average Bonchev–Trinajstić information content (AvgIpc) is 1.97. The van der Waals surface area contributed by atoms with Gasteiger partial charge in [-0.15, -0.1) is 0 Å². The number of aryl methyl sites for hydroxylation is 1. The first-order valence-electron chi connectivity index (χ1n) is 3.37. The zero-order chi connectivity index (χ0) is 8.43. The van der Waals surface area contributed by atoms with Crippen molar-refractivity contribution in [1.82, 2.24) is 0 Å². The Kier molecular flexibility index (Phi) is 2.08. The van der Waals surface area contributed by atoms with Crippen molar-refractivity contribution in [3.05, 3.63) is 29.1 Å². The highest BCUT2D eigenvalue weighted by molar-refractivity contribution is 6.35. The Hall–Kier alpha value is -1.12. The lowest BCUT2D eigenvalue weighted by atomic mass is 9.89. The number of halogens is 1. The molecule has 0 unspecified atom stereocenters. The number of hydrogen-bond donors (Lipinski definition) is 0. The fraction of sp³-hybridized carbons (Fsp3) is 0.125. The third-order valence-electron chi connectivity index (χ3n) is 1.67. The van der Waals surface area contributed by atoms with Crippen molar-refractivity contribution in [2.75, 3.05) is 0 Å². The van der Waals surface area contributed by atoms with Gasteiger partial charge in [-0.1, -0.05) is 11.5 Å². The number of carbonyl (C=O) groups excluding carboxylic acids is 1. The first kappa shape index (κ1) is 7.99. The number of hydrogen-bond acceptors (Lipinski definition) is 1. The van der Waals surface area contributed by atoms with E-state index in [9.17, 15) is 9.18 Å². The molecule has 0 fully saturated rings. The van der Waals surface area contributed by atoms with E-state index >= 15 is 0 Å². The maximum atomic E-state index is 12.8. The molecule has 1 rings (SSSR count). The van der Waals surface area contributed by atoms with Gasteiger partial charge in [-0.2, -0.15) is 0 Å². The van der Waals surface area contributed by atoms with E-state index in [4.69, 9.17) is 0 Å². The van der Waals surface area contributed by atoms with Crippen LogP contribution in [-0.4, -0.2) is 14.1 Å². The van der Waals surface area contributed by atoms with Crippen LogP contribution < -0.4 is 5.46 Å². The summed E-state index contributed by atoms with van der Waals surface area (Å²) in [5.74, 6) is -0.322. The van der Waals surface area contributed by atoms with E-state index < -0.39 is 0 Å². The summed E-state index contributed by atoms with van der Waals surface area (Å²) < 4.78 is 12.8. The molecule has 0 atom stereocenters. The molecule has 0 aliphatic heterocycles. The van der Waals surface area contributed by atoms with Gasteiger partial charge in [0.2, 0.25) is 0 Å². The Morgan fingerprint density at radius 3 is 2.73 bits per heavy atom. The minimum absolute atomic E-state index is 0.322. The van der Waals surface area contributed by atoms with E-state index in [1.807, 2.05) is 0 Å². The van der Waals surface area contributed by atoms with Gasteiger partial charge in [-0.05, 0) is 18.6 Å². The molecule has 0 saturated carbocycles. The van der Waals surface area contributed by atoms with E-state index in [0.717, 1.165) is 5.46 Å². The average molecular weight is 150 g/mol. The maximum Gasteiger partial charge on any atom is 0.149 e. The van der Waals surface area contributed by atoms with Crippen molar-refractivity contribution in [1.29, 1.82) is 0 Å². The second-order valence-electron chi connectivity index (χ2n) is 2.58. The largest absolute Gasteiger partial charge is 0.298 e. The van der Waals surface area contributed by atoms with E-state index in [2.05, 4.69) is 0 Å². The molecule has 1 nitrogen and oxygen atoms in total. The summed E-state index contributed by atoms with van der Waals surface area (Å²) in [4.78, 5) is 10.3. The molecule has 0 heterocycles. The van der Waals surface area contributed by atoms with Crippen LogP contribution in [0.15, 0.2) is 12.1 Å². The zero-order valence-corrected chi connectivity index (χ0v) is 6.52. The van der Waals surface area contributed by atoms with Gasteiger partial charge in [0.05, 0.1) is 0 Å². The van der Waals surface area contributed by atoms with Gasteiger partial charge in [0.1, 0.15) is 19.9 Å². The maximum absolute atomic E-state index is 12.8. The topological polar surface area (TPSA) is 17.1 Å². The van der Waals surface area contributed by atoms with Crippen LogP contribution in [0.2, 0.25) is 0 Å². The summed E-state index contributed by atoms with van der Waals surface area (Å²) in [7, 11) is 1.79. The van der Waals surface area contributed by atoms with Crippen molar-refractivity contribution in [2.45, 2.75) is 6.92 Å². The van der Waals surface area contributed by atoms with Gasteiger partial charge >= 0.3 is 0 Å². The molecular formula is C8H8BFO. The van der Waals surface area contributed by atoms with Crippen LogP contribution in [0.25, 0.3) is 0 Å². The first-order chi connectivity index (χ1) is 5.15. The van der Waals surface area contributed by atoms with Crippen molar-refractivity contribution in [3.63, 3.8) is 0 Å². The molecule has 56 valence electrons. The van der Waals surface area contributed by atoms with Crippen LogP contribution in [0.1, 0.15) is 15.9 Å². The van der Waals surface area contributed by atoms with Gasteiger partial charge in [0.25, 0.3) is 0 Å². The zero-order valence-electron chi connectivity index (χ0n) is 6.52. The highest BCUT2D eigenvalue weighted by atomic mass is 19.1. The Bertz CT molecular complexity index is 296.